The van der Waals surface area contributed by atoms with Gasteiger partial charge in [0.2, 0.25) is 5.91 Å². The van der Waals surface area contributed by atoms with Crippen LogP contribution in [0.4, 0.5) is 26.3 Å². The molecule has 0 aliphatic carbocycles. The standard InChI is InChI=1S/C21H25N3O.2C2HF3O2/c1-16-7-6-10-18(22-16)15-24-13-11-21(12-14-24)19(23(2)20(21)25)17-8-4-3-5-9-17;2*3-2(4,5)1(6)7/h3-10,19H,11-15H2,1-2H3;2*(H,6,7). The summed E-state index contributed by atoms with van der Waals surface area (Å²) in [5.74, 6) is -5.20. The van der Waals surface area contributed by atoms with Crippen LogP contribution in [0, 0.1) is 12.3 Å². The number of pyridine rings is 1. The van der Waals surface area contributed by atoms with Crippen molar-refractivity contribution >= 4 is 17.8 Å². The molecule has 2 aliphatic heterocycles. The summed E-state index contributed by atoms with van der Waals surface area (Å²) in [4.78, 5) is 39.5. The van der Waals surface area contributed by atoms with Crippen LogP contribution in [0.25, 0.3) is 0 Å². The van der Waals surface area contributed by atoms with Crippen molar-refractivity contribution in [2.75, 3.05) is 20.1 Å². The molecule has 2 N–H and O–H groups in total. The molecule has 0 saturated carbocycles. The van der Waals surface area contributed by atoms with E-state index in [-0.39, 0.29) is 11.5 Å². The molecule has 1 spiro atoms. The van der Waals surface area contributed by atoms with Crippen molar-refractivity contribution in [2.45, 2.75) is 44.7 Å². The number of likely N-dealkylation sites (tertiary alicyclic amines) is 2. The summed E-state index contributed by atoms with van der Waals surface area (Å²) in [5, 5.41) is 14.2. The number of rotatable bonds is 3. The molecule has 39 heavy (non-hydrogen) atoms. The van der Waals surface area contributed by atoms with Crippen molar-refractivity contribution in [1.82, 2.24) is 14.8 Å². The second-order valence-electron chi connectivity index (χ2n) is 9.04. The van der Waals surface area contributed by atoms with Crippen LogP contribution in [-0.4, -0.2) is 75.3 Å². The SMILES string of the molecule is Cc1cccc(CN2CCC3(CC2)C(=O)N(C)C3c2ccccc2)n1.O=C(O)C(F)(F)F.O=C(O)C(F)(F)F. The molecule has 14 heteroatoms. The molecule has 3 heterocycles. The van der Waals surface area contributed by atoms with E-state index >= 15 is 0 Å². The molecule has 4 rings (SSSR count). The molecule has 1 unspecified atom stereocenters. The minimum absolute atomic E-state index is 0.202. The highest BCUT2D eigenvalue weighted by Crippen LogP contribution is 2.55. The Morgan fingerprint density at radius 1 is 0.923 bits per heavy atom. The third-order valence-corrected chi connectivity index (χ3v) is 6.34. The van der Waals surface area contributed by atoms with Gasteiger partial charge in [-0.15, -0.1) is 0 Å². The van der Waals surface area contributed by atoms with Crippen molar-refractivity contribution < 1.29 is 50.9 Å². The Kier molecular flexibility index (Phi) is 10.1. The maximum absolute atomic E-state index is 12.7. The minimum atomic E-state index is -5.08. The summed E-state index contributed by atoms with van der Waals surface area (Å²) < 4.78 is 63.5. The molecule has 2 fully saturated rings. The van der Waals surface area contributed by atoms with Crippen LogP contribution in [0.15, 0.2) is 48.5 Å². The van der Waals surface area contributed by atoms with Gasteiger partial charge in [-0.3, -0.25) is 14.7 Å². The average Bonchev–Trinajstić information content (AvgIpc) is 2.85. The Balaban J connectivity index is 0.000000317. The number of benzene rings is 1. The number of aromatic nitrogens is 1. The summed E-state index contributed by atoms with van der Waals surface area (Å²) in [6.45, 7) is 4.82. The Bertz CT molecular complexity index is 1120. The number of β-lactam (4-membered cyclic amide) rings is 1. The lowest BCUT2D eigenvalue weighted by atomic mass is 9.62. The Hall–Kier alpha value is -3.68. The number of hydrogen-bond donors (Lipinski definition) is 2. The predicted molar refractivity (Wildman–Crippen MR) is 125 cm³/mol. The molecule has 8 nitrogen and oxygen atoms in total. The predicted octanol–water partition coefficient (Wildman–Crippen LogP) is 4.45. The molecule has 214 valence electrons. The number of piperidine rings is 1. The monoisotopic (exact) mass is 563 g/mol. The smallest absolute Gasteiger partial charge is 0.475 e. The molecule has 1 amide bonds. The van der Waals surface area contributed by atoms with Crippen molar-refractivity contribution in [3.8, 4) is 0 Å². The van der Waals surface area contributed by atoms with Crippen LogP contribution in [0.3, 0.4) is 0 Å². The molecule has 0 bridgehead atoms. The molecule has 1 atom stereocenters. The maximum Gasteiger partial charge on any atom is 0.490 e. The third kappa shape index (κ3) is 8.15. The fourth-order valence-electron chi connectivity index (χ4n) is 4.58. The lowest BCUT2D eigenvalue weighted by Crippen LogP contribution is -2.64. The first-order valence-electron chi connectivity index (χ1n) is 11.6. The van der Waals surface area contributed by atoms with E-state index in [2.05, 4.69) is 46.3 Å². The molecule has 1 aromatic carbocycles. The number of alkyl halides is 6. The van der Waals surface area contributed by atoms with Gasteiger partial charge in [-0.05, 0) is 50.6 Å². The van der Waals surface area contributed by atoms with Gasteiger partial charge in [-0.2, -0.15) is 26.3 Å². The second-order valence-corrected chi connectivity index (χ2v) is 9.04. The Labute approximate surface area is 219 Å². The van der Waals surface area contributed by atoms with Gasteiger partial charge >= 0.3 is 24.3 Å². The average molecular weight is 563 g/mol. The van der Waals surface area contributed by atoms with Crippen molar-refractivity contribution in [3.63, 3.8) is 0 Å². The van der Waals surface area contributed by atoms with Crippen molar-refractivity contribution in [1.29, 1.82) is 0 Å². The molecule has 2 aliphatic rings. The van der Waals surface area contributed by atoms with Crippen molar-refractivity contribution in [2.24, 2.45) is 5.41 Å². The van der Waals surface area contributed by atoms with E-state index in [1.165, 1.54) is 5.56 Å². The summed E-state index contributed by atoms with van der Waals surface area (Å²) in [5.41, 5.74) is 3.24. The first-order chi connectivity index (χ1) is 18.0. The van der Waals surface area contributed by atoms with Crippen LogP contribution in [-0.2, 0) is 20.9 Å². The highest BCUT2D eigenvalue weighted by Gasteiger charge is 2.59. The highest BCUT2D eigenvalue weighted by molar-refractivity contribution is 5.90. The quantitative estimate of drug-likeness (QED) is 0.419. The zero-order valence-corrected chi connectivity index (χ0v) is 21.0. The third-order valence-electron chi connectivity index (χ3n) is 6.34. The molecule has 1 aromatic heterocycles. The lowest BCUT2D eigenvalue weighted by Gasteiger charge is -2.58. The van der Waals surface area contributed by atoms with Gasteiger partial charge in [0, 0.05) is 19.3 Å². The number of halogens is 6. The number of carboxylic acid groups (broad SMARTS) is 2. The number of hydrogen-bond acceptors (Lipinski definition) is 5. The van der Waals surface area contributed by atoms with E-state index in [1.807, 2.05) is 31.0 Å². The number of carbonyl (C=O) groups is 3. The normalized spacial score (nSPS) is 18.7. The van der Waals surface area contributed by atoms with Crippen molar-refractivity contribution in [3.05, 3.63) is 65.5 Å². The number of aryl methyl sites for hydroxylation is 1. The highest BCUT2D eigenvalue weighted by atomic mass is 19.4. The number of amides is 1. The molecule has 2 saturated heterocycles. The van der Waals surface area contributed by atoms with Crippen LogP contribution < -0.4 is 0 Å². The molecule has 0 radical (unpaired) electrons. The van der Waals surface area contributed by atoms with Crippen LogP contribution in [0.1, 0.15) is 35.8 Å². The zero-order chi connectivity index (χ0) is 29.6. The molecular weight excluding hydrogens is 536 g/mol. The van der Waals surface area contributed by atoms with E-state index in [4.69, 9.17) is 19.8 Å². The minimum Gasteiger partial charge on any atom is -0.475 e. The largest absolute Gasteiger partial charge is 0.490 e. The van der Waals surface area contributed by atoms with Gasteiger partial charge in [0.15, 0.2) is 0 Å². The van der Waals surface area contributed by atoms with Gasteiger partial charge in [-0.25, -0.2) is 9.59 Å². The Morgan fingerprint density at radius 2 is 1.41 bits per heavy atom. The van der Waals surface area contributed by atoms with Gasteiger partial charge in [0.05, 0.1) is 17.2 Å². The number of aliphatic carboxylic acids is 2. The summed E-state index contributed by atoms with van der Waals surface area (Å²) >= 11 is 0. The number of carbonyl (C=O) groups excluding carboxylic acids is 1. The fraction of sp³-hybridized carbons (Fsp3) is 0.440. The number of carboxylic acids is 2. The maximum atomic E-state index is 12.7. The van der Waals surface area contributed by atoms with E-state index in [0.717, 1.165) is 43.9 Å². The summed E-state index contributed by atoms with van der Waals surface area (Å²) in [7, 11) is 1.94. The number of nitrogens with zero attached hydrogens (tertiary/aromatic N) is 3. The van der Waals surface area contributed by atoms with E-state index in [0.29, 0.717) is 5.91 Å². The fourth-order valence-corrected chi connectivity index (χ4v) is 4.58. The van der Waals surface area contributed by atoms with Crippen LogP contribution in [0.2, 0.25) is 0 Å². The zero-order valence-electron chi connectivity index (χ0n) is 21.0. The van der Waals surface area contributed by atoms with E-state index in [1.54, 1.807) is 0 Å². The van der Waals surface area contributed by atoms with Gasteiger partial charge in [-0.1, -0.05) is 36.4 Å². The Morgan fingerprint density at radius 3 is 1.85 bits per heavy atom. The summed E-state index contributed by atoms with van der Waals surface area (Å²) in [6, 6.07) is 16.9. The molecular formula is C25H27F6N3O5. The van der Waals surface area contributed by atoms with E-state index < -0.39 is 24.3 Å². The van der Waals surface area contributed by atoms with Gasteiger partial charge in [0.1, 0.15) is 0 Å². The van der Waals surface area contributed by atoms with E-state index in [9.17, 15) is 31.1 Å². The lowest BCUT2D eigenvalue weighted by molar-refractivity contribution is -0.193. The van der Waals surface area contributed by atoms with Gasteiger partial charge in [0.25, 0.3) is 0 Å². The second kappa shape index (κ2) is 12.5. The van der Waals surface area contributed by atoms with Gasteiger partial charge < -0.3 is 15.1 Å². The first-order valence-corrected chi connectivity index (χ1v) is 11.6. The summed E-state index contributed by atoms with van der Waals surface area (Å²) in [6.07, 6.45) is -8.30. The van der Waals surface area contributed by atoms with Crippen LogP contribution in [0.5, 0.6) is 0 Å². The van der Waals surface area contributed by atoms with Crippen LogP contribution >= 0.6 is 0 Å². The first kappa shape index (κ1) is 31.5. The topological polar surface area (TPSA) is 111 Å². The molecule has 2 aromatic rings.